The van der Waals surface area contributed by atoms with Crippen molar-refractivity contribution < 1.29 is 28.6 Å². The van der Waals surface area contributed by atoms with Crippen LogP contribution in [0.3, 0.4) is 0 Å². The molecule has 0 saturated carbocycles. The summed E-state index contributed by atoms with van der Waals surface area (Å²) >= 11 is 0. The van der Waals surface area contributed by atoms with E-state index < -0.39 is 6.10 Å². The molecule has 0 saturated heterocycles. The van der Waals surface area contributed by atoms with Crippen LogP contribution in [-0.4, -0.2) is 37.2 Å². The summed E-state index contributed by atoms with van der Waals surface area (Å²) < 4.78 is 16.8. The molecular formula is C63H102O6. The van der Waals surface area contributed by atoms with Crippen LogP contribution >= 0.6 is 0 Å². The zero-order valence-corrected chi connectivity index (χ0v) is 44.5. The van der Waals surface area contributed by atoms with E-state index in [2.05, 4.69) is 130 Å². The lowest BCUT2D eigenvalue weighted by Crippen LogP contribution is -2.30. The van der Waals surface area contributed by atoms with Gasteiger partial charge in [0.25, 0.3) is 0 Å². The summed E-state index contributed by atoms with van der Waals surface area (Å²) in [7, 11) is 0. The molecule has 0 aromatic heterocycles. The van der Waals surface area contributed by atoms with Crippen LogP contribution in [0.15, 0.2) is 122 Å². The topological polar surface area (TPSA) is 78.9 Å². The van der Waals surface area contributed by atoms with E-state index in [4.69, 9.17) is 14.2 Å². The van der Waals surface area contributed by atoms with Gasteiger partial charge in [0, 0.05) is 19.3 Å². The Morgan fingerprint density at radius 2 is 0.652 bits per heavy atom. The van der Waals surface area contributed by atoms with Crippen LogP contribution in [0.5, 0.6) is 0 Å². The first-order valence-electron chi connectivity index (χ1n) is 28.1. The van der Waals surface area contributed by atoms with Gasteiger partial charge in [0.15, 0.2) is 6.10 Å². The Balaban J connectivity index is 4.56. The van der Waals surface area contributed by atoms with Gasteiger partial charge < -0.3 is 14.2 Å². The van der Waals surface area contributed by atoms with Crippen molar-refractivity contribution in [3.05, 3.63) is 122 Å². The number of ether oxygens (including phenoxy) is 3. The number of carbonyl (C=O) groups is 3. The molecule has 0 N–H and O–H groups in total. The molecular weight excluding hydrogens is 853 g/mol. The molecule has 1 unspecified atom stereocenters. The van der Waals surface area contributed by atoms with Crippen LogP contribution in [0, 0.1) is 0 Å². The Morgan fingerprint density at radius 1 is 0.319 bits per heavy atom. The Labute approximate surface area is 424 Å². The lowest BCUT2D eigenvalue weighted by molar-refractivity contribution is -0.166. The molecule has 0 fully saturated rings. The van der Waals surface area contributed by atoms with Crippen molar-refractivity contribution in [2.45, 2.75) is 245 Å². The minimum absolute atomic E-state index is 0.118. The van der Waals surface area contributed by atoms with E-state index in [0.717, 1.165) is 109 Å². The van der Waals surface area contributed by atoms with Crippen LogP contribution in [0.4, 0.5) is 0 Å². The first-order chi connectivity index (χ1) is 34.0. The van der Waals surface area contributed by atoms with E-state index in [1.54, 1.807) is 0 Å². The fourth-order valence-electron chi connectivity index (χ4n) is 7.29. The first-order valence-corrected chi connectivity index (χ1v) is 28.1. The summed E-state index contributed by atoms with van der Waals surface area (Å²) in [5.41, 5.74) is 0. The summed E-state index contributed by atoms with van der Waals surface area (Å²) in [6.07, 6.45) is 77.6. The van der Waals surface area contributed by atoms with Crippen molar-refractivity contribution >= 4 is 17.9 Å². The smallest absolute Gasteiger partial charge is 0.306 e. The predicted molar refractivity (Wildman–Crippen MR) is 297 cm³/mol. The van der Waals surface area contributed by atoms with Gasteiger partial charge in [0.05, 0.1) is 0 Å². The number of allylic oxidation sites excluding steroid dienone is 20. The molecule has 69 heavy (non-hydrogen) atoms. The molecule has 0 radical (unpaired) electrons. The van der Waals surface area contributed by atoms with Crippen molar-refractivity contribution in [1.82, 2.24) is 0 Å². The molecule has 0 heterocycles. The van der Waals surface area contributed by atoms with Gasteiger partial charge in [0.2, 0.25) is 0 Å². The highest BCUT2D eigenvalue weighted by atomic mass is 16.6. The van der Waals surface area contributed by atoms with Gasteiger partial charge in [0.1, 0.15) is 13.2 Å². The predicted octanol–water partition coefficient (Wildman–Crippen LogP) is 18.9. The van der Waals surface area contributed by atoms with Gasteiger partial charge in [-0.25, -0.2) is 0 Å². The summed E-state index contributed by atoms with van der Waals surface area (Å²) in [6, 6.07) is 0. The van der Waals surface area contributed by atoms with Crippen LogP contribution in [0.1, 0.15) is 239 Å². The number of unbranched alkanes of at least 4 members (excludes halogenated alkanes) is 20. The second-order valence-corrected chi connectivity index (χ2v) is 18.2. The van der Waals surface area contributed by atoms with Gasteiger partial charge in [-0.15, -0.1) is 0 Å². The van der Waals surface area contributed by atoms with E-state index in [0.29, 0.717) is 19.3 Å². The zero-order valence-electron chi connectivity index (χ0n) is 44.5. The summed E-state index contributed by atoms with van der Waals surface area (Å²) in [5, 5.41) is 0. The van der Waals surface area contributed by atoms with Crippen molar-refractivity contribution in [2.75, 3.05) is 13.2 Å². The van der Waals surface area contributed by atoms with Crippen molar-refractivity contribution in [3.8, 4) is 0 Å². The van der Waals surface area contributed by atoms with Gasteiger partial charge >= 0.3 is 17.9 Å². The van der Waals surface area contributed by atoms with E-state index in [-0.39, 0.29) is 37.5 Å². The SMILES string of the molecule is CC/C=C\C/C=C\C/C=C\C/C=C\C/C=C\CCC(=O)OCC(COC(=O)CCCCCCC\C=C/C=C\C=C/CCCCCCC)OC(=O)CCCCCCCCC/C=C\C/C=C\CCCCC. The molecule has 0 rings (SSSR count). The highest BCUT2D eigenvalue weighted by Crippen LogP contribution is 2.13. The average Bonchev–Trinajstić information content (AvgIpc) is 3.35. The third-order valence-electron chi connectivity index (χ3n) is 11.5. The fraction of sp³-hybridized carbons (Fsp3) is 0.635. The van der Waals surface area contributed by atoms with E-state index in [1.165, 1.54) is 83.5 Å². The molecule has 6 nitrogen and oxygen atoms in total. The standard InChI is InChI=1S/C63H102O6/c1-4-7-10-13-16-19-22-25-28-31-33-35-38-41-44-47-50-53-56-62(65)68-59-60(58-67-61(64)55-52-49-46-43-40-37-34-30-27-24-21-18-15-12-9-6-3)69-63(66)57-54-51-48-45-42-39-36-32-29-26-23-20-17-14-11-8-5-2/h9,12,17-18,20-22,25-31,33,35,37,40,46,49,60H,4-8,10-11,13-16,19,23-24,32,34,36,38-39,41-45,47-48,50-59H2,1-3H3/b12-9-,20-17-,21-18-,25-22-,29-26-,30-27-,31-28-,35-33-,40-37-,49-46-. The molecule has 390 valence electrons. The molecule has 0 amide bonds. The normalized spacial score (nSPS) is 13.0. The van der Waals surface area contributed by atoms with Crippen molar-refractivity contribution in [3.63, 3.8) is 0 Å². The summed E-state index contributed by atoms with van der Waals surface area (Å²) in [6.45, 7) is 6.39. The fourth-order valence-corrected chi connectivity index (χ4v) is 7.29. The quantitative estimate of drug-likeness (QED) is 0.0199. The second-order valence-electron chi connectivity index (χ2n) is 18.2. The van der Waals surface area contributed by atoms with Gasteiger partial charge in [-0.1, -0.05) is 232 Å². The number of hydrogen-bond donors (Lipinski definition) is 0. The number of rotatable bonds is 49. The summed E-state index contributed by atoms with van der Waals surface area (Å²) in [5.74, 6) is -1.03. The third-order valence-corrected chi connectivity index (χ3v) is 11.5. The van der Waals surface area contributed by atoms with Gasteiger partial charge in [-0.05, 0) is 109 Å². The Morgan fingerprint density at radius 3 is 1.12 bits per heavy atom. The summed E-state index contributed by atoms with van der Waals surface area (Å²) in [4.78, 5) is 38.1. The molecule has 0 bridgehead atoms. The van der Waals surface area contributed by atoms with Crippen molar-refractivity contribution in [1.29, 1.82) is 0 Å². The number of carbonyl (C=O) groups excluding carboxylic acids is 3. The molecule has 1 atom stereocenters. The maximum absolute atomic E-state index is 12.8. The van der Waals surface area contributed by atoms with Crippen LogP contribution in [0.25, 0.3) is 0 Å². The molecule has 0 aliphatic carbocycles. The maximum atomic E-state index is 12.8. The Bertz CT molecular complexity index is 1470. The van der Waals surface area contributed by atoms with Gasteiger partial charge in [-0.2, -0.15) is 0 Å². The van der Waals surface area contributed by atoms with E-state index in [1.807, 2.05) is 12.2 Å². The largest absolute Gasteiger partial charge is 0.462 e. The maximum Gasteiger partial charge on any atom is 0.306 e. The molecule has 0 aliphatic heterocycles. The van der Waals surface area contributed by atoms with E-state index >= 15 is 0 Å². The molecule has 0 aromatic carbocycles. The van der Waals surface area contributed by atoms with Crippen LogP contribution < -0.4 is 0 Å². The van der Waals surface area contributed by atoms with Crippen molar-refractivity contribution in [2.24, 2.45) is 0 Å². The third kappa shape index (κ3) is 54.6. The molecule has 0 aromatic rings. The lowest BCUT2D eigenvalue weighted by Gasteiger charge is -2.18. The Kier molecular flexibility index (Phi) is 53.0. The molecule has 6 heteroatoms. The van der Waals surface area contributed by atoms with Crippen LogP contribution in [0.2, 0.25) is 0 Å². The second kappa shape index (κ2) is 56.4. The Hall–Kier alpha value is -4.19. The average molecular weight is 956 g/mol. The van der Waals surface area contributed by atoms with Gasteiger partial charge in [-0.3, -0.25) is 14.4 Å². The van der Waals surface area contributed by atoms with E-state index in [9.17, 15) is 14.4 Å². The zero-order chi connectivity index (χ0) is 50.0. The lowest BCUT2D eigenvalue weighted by atomic mass is 10.1. The molecule has 0 aliphatic rings. The monoisotopic (exact) mass is 955 g/mol. The molecule has 0 spiro atoms. The highest BCUT2D eigenvalue weighted by molar-refractivity contribution is 5.71. The number of hydrogen-bond acceptors (Lipinski definition) is 6. The number of esters is 3. The highest BCUT2D eigenvalue weighted by Gasteiger charge is 2.19. The minimum Gasteiger partial charge on any atom is -0.462 e. The first kappa shape index (κ1) is 64.8. The minimum atomic E-state index is -0.825. The van der Waals surface area contributed by atoms with Crippen LogP contribution in [-0.2, 0) is 28.6 Å².